The Morgan fingerprint density at radius 2 is 2.00 bits per heavy atom. The number of aliphatic hydroxyl groups is 1. The number of aryl methyl sites for hydroxylation is 1. The number of ether oxygens (including phenoxy) is 1. The van der Waals surface area contributed by atoms with E-state index in [2.05, 4.69) is 27.0 Å². The van der Waals surface area contributed by atoms with Gasteiger partial charge in [0, 0.05) is 44.8 Å². The van der Waals surface area contributed by atoms with E-state index in [1.165, 1.54) is 0 Å². The largest absolute Gasteiger partial charge is 0.388 e. The van der Waals surface area contributed by atoms with Gasteiger partial charge in [-0.05, 0) is 19.1 Å². The first-order valence-corrected chi connectivity index (χ1v) is 7.77. The molecule has 5 nitrogen and oxygen atoms in total. The summed E-state index contributed by atoms with van der Waals surface area (Å²) < 4.78 is 7.45. The molecular weight excluding hydrogens is 278 g/mol. The molecule has 5 heteroatoms. The standard InChI is InChI=1S/C17H23N3O2/c1-14-19-12-16(20(14)15-5-3-2-4-6-15)11-18-13-17(21)7-9-22-10-8-17/h2-6,12,18,21H,7-11,13H2,1H3. The van der Waals surface area contributed by atoms with Gasteiger partial charge >= 0.3 is 0 Å². The summed E-state index contributed by atoms with van der Waals surface area (Å²) in [6, 6.07) is 10.2. The molecule has 1 aliphatic heterocycles. The SMILES string of the molecule is Cc1ncc(CNCC2(O)CCOCC2)n1-c1ccccc1. The van der Waals surface area contributed by atoms with Gasteiger partial charge in [0.05, 0.1) is 17.5 Å². The molecule has 0 aliphatic carbocycles. The van der Waals surface area contributed by atoms with E-state index in [4.69, 9.17) is 4.74 Å². The number of hydrogen-bond donors (Lipinski definition) is 2. The molecule has 0 spiro atoms. The third-order valence-electron chi connectivity index (χ3n) is 4.21. The summed E-state index contributed by atoms with van der Waals surface area (Å²) in [5.74, 6) is 0.966. The molecule has 22 heavy (non-hydrogen) atoms. The van der Waals surface area contributed by atoms with Crippen molar-refractivity contribution in [3.63, 3.8) is 0 Å². The third-order valence-corrected chi connectivity index (χ3v) is 4.21. The lowest BCUT2D eigenvalue weighted by Crippen LogP contribution is -2.44. The van der Waals surface area contributed by atoms with Gasteiger partial charge in [-0.25, -0.2) is 4.98 Å². The number of nitrogens with one attached hydrogen (secondary N) is 1. The van der Waals surface area contributed by atoms with Crippen molar-refractivity contribution < 1.29 is 9.84 Å². The lowest BCUT2D eigenvalue weighted by atomic mass is 9.94. The van der Waals surface area contributed by atoms with Crippen LogP contribution in [0.15, 0.2) is 36.5 Å². The second-order valence-corrected chi connectivity index (χ2v) is 5.91. The number of benzene rings is 1. The highest BCUT2D eigenvalue weighted by Gasteiger charge is 2.29. The van der Waals surface area contributed by atoms with E-state index in [0.717, 1.165) is 17.2 Å². The van der Waals surface area contributed by atoms with Crippen LogP contribution in [0.1, 0.15) is 24.4 Å². The lowest BCUT2D eigenvalue weighted by molar-refractivity contribution is -0.0617. The Morgan fingerprint density at radius 1 is 1.27 bits per heavy atom. The number of hydrogen-bond acceptors (Lipinski definition) is 4. The number of aromatic nitrogens is 2. The predicted molar refractivity (Wildman–Crippen MR) is 85.0 cm³/mol. The number of imidazole rings is 1. The van der Waals surface area contributed by atoms with Crippen LogP contribution in [0.4, 0.5) is 0 Å². The quantitative estimate of drug-likeness (QED) is 0.884. The summed E-state index contributed by atoms with van der Waals surface area (Å²) in [4.78, 5) is 4.42. The molecule has 0 radical (unpaired) electrons. The van der Waals surface area contributed by atoms with Crippen LogP contribution in [0.25, 0.3) is 5.69 Å². The summed E-state index contributed by atoms with van der Waals surface area (Å²) in [7, 11) is 0. The van der Waals surface area contributed by atoms with Gasteiger partial charge in [0.25, 0.3) is 0 Å². The Balaban J connectivity index is 1.66. The van der Waals surface area contributed by atoms with Gasteiger partial charge in [-0.15, -0.1) is 0 Å². The molecule has 0 bridgehead atoms. The fourth-order valence-corrected chi connectivity index (χ4v) is 2.90. The minimum atomic E-state index is -0.648. The van der Waals surface area contributed by atoms with Crippen molar-refractivity contribution in [3.05, 3.63) is 48.0 Å². The van der Waals surface area contributed by atoms with Crippen molar-refractivity contribution >= 4 is 0 Å². The second-order valence-electron chi connectivity index (χ2n) is 5.91. The Bertz CT molecular complexity index is 604. The summed E-state index contributed by atoms with van der Waals surface area (Å²) in [6.07, 6.45) is 3.28. The minimum absolute atomic E-state index is 0.579. The van der Waals surface area contributed by atoms with Crippen molar-refractivity contribution in [1.29, 1.82) is 0 Å². The molecule has 1 aliphatic rings. The van der Waals surface area contributed by atoms with Crippen LogP contribution >= 0.6 is 0 Å². The van der Waals surface area contributed by atoms with Gasteiger partial charge < -0.3 is 15.2 Å². The zero-order valence-corrected chi connectivity index (χ0v) is 13.0. The summed E-state index contributed by atoms with van der Waals surface area (Å²) >= 11 is 0. The molecule has 1 aromatic carbocycles. The highest BCUT2D eigenvalue weighted by atomic mass is 16.5. The third kappa shape index (κ3) is 3.38. The molecule has 1 fully saturated rings. The maximum Gasteiger partial charge on any atom is 0.110 e. The Hall–Kier alpha value is -1.69. The molecule has 118 valence electrons. The predicted octanol–water partition coefficient (Wildman–Crippen LogP) is 1.81. The number of rotatable bonds is 5. The number of para-hydroxylation sites is 1. The van der Waals surface area contributed by atoms with Crippen molar-refractivity contribution in [2.45, 2.75) is 31.9 Å². The van der Waals surface area contributed by atoms with Gasteiger partial charge in [0.2, 0.25) is 0 Å². The molecule has 2 N–H and O–H groups in total. The van der Waals surface area contributed by atoms with E-state index < -0.39 is 5.60 Å². The van der Waals surface area contributed by atoms with Crippen molar-refractivity contribution in [2.75, 3.05) is 19.8 Å². The molecule has 0 amide bonds. The van der Waals surface area contributed by atoms with Crippen LogP contribution in [0, 0.1) is 6.92 Å². The van der Waals surface area contributed by atoms with E-state index >= 15 is 0 Å². The van der Waals surface area contributed by atoms with Gasteiger partial charge in [-0.1, -0.05) is 18.2 Å². The number of nitrogens with zero attached hydrogens (tertiary/aromatic N) is 2. The first-order chi connectivity index (χ1) is 10.7. The van der Waals surface area contributed by atoms with E-state index in [1.807, 2.05) is 31.3 Å². The highest BCUT2D eigenvalue weighted by Crippen LogP contribution is 2.20. The second kappa shape index (κ2) is 6.60. The van der Waals surface area contributed by atoms with Crippen LogP contribution in [0.5, 0.6) is 0 Å². The topological polar surface area (TPSA) is 59.3 Å². The lowest BCUT2D eigenvalue weighted by Gasteiger charge is -2.32. The van der Waals surface area contributed by atoms with Gasteiger partial charge in [-0.2, -0.15) is 0 Å². The fraction of sp³-hybridized carbons (Fsp3) is 0.471. The maximum absolute atomic E-state index is 10.5. The molecule has 0 saturated carbocycles. The molecule has 0 atom stereocenters. The van der Waals surface area contributed by atoms with Crippen molar-refractivity contribution in [1.82, 2.24) is 14.9 Å². The monoisotopic (exact) mass is 301 g/mol. The molecular formula is C17H23N3O2. The Morgan fingerprint density at radius 3 is 2.73 bits per heavy atom. The van der Waals surface area contributed by atoms with Gasteiger partial charge in [0.15, 0.2) is 0 Å². The first-order valence-electron chi connectivity index (χ1n) is 7.77. The summed E-state index contributed by atoms with van der Waals surface area (Å²) in [6.45, 7) is 4.54. The van der Waals surface area contributed by atoms with Crippen LogP contribution in [0.2, 0.25) is 0 Å². The molecule has 0 unspecified atom stereocenters. The molecule has 2 heterocycles. The normalized spacial score (nSPS) is 17.5. The van der Waals surface area contributed by atoms with Crippen LogP contribution in [-0.4, -0.2) is 40.0 Å². The van der Waals surface area contributed by atoms with E-state index in [-0.39, 0.29) is 0 Å². The van der Waals surface area contributed by atoms with Crippen LogP contribution in [-0.2, 0) is 11.3 Å². The summed E-state index contributed by atoms with van der Waals surface area (Å²) in [5.41, 5.74) is 1.56. The Kier molecular flexibility index (Phi) is 4.57. The maximum atomic E-state index is 10.5. The van der Waals surface area contributed by atoms with Gasteiger partial charge in [-0.3, -0.25) is 4.57 Å². The zero-order valence-electron chi connectivity index (χ0n) is 13.0. The van der Waals surface area contributed by atoms with Crippen LogP contribution < -0.4 is 5.32 Å². The van der Waals surface area contributed by atoms with Gasteiger partial charge in [0.1, 0.15) is 5.82 Å². The fourth-order valence-electron chi connectivity index (χ4n) is 2.90. The van der Waals surface area contributed by atoms with Crippen molar-refractivity contribution in [2.24, 2.45) is 0 Å². The van der Waals surface area contributed by atoms with Crippen LogP contribution in [0.3, 0.4) is 0 Å². The minimum Gasteiger partial charge on any atom is -0.388 e. The highest BCUT2D eigenvalue weighted by molar-refractivity contribution is 5.35. The van der Waals surface area contributed by atoms with E-state index in [9.17, 15) is 5.11 Å². The Labute approximate surface area is 130 Å². The molecule has 3 rings (SSSR count). The molecule has 2 aromatic rings. The first kappa shape index (κ1) is 15.2. The zero-order chi connectivity index (χ0) is 15.4. The van der Waals surface area contributed by atoms with E-state index in [1.54, 1.807) is 0 Å². The molecule has 1 saturated heterocycles. The molecule has 1 aromatic heterocycles. The van der Waals surface area contributed by atoms with E-state index in [0.29, 0.717) is 39.1 Å². The average molecular weight is 301 g/mol. The average Bonchev–Trinajstić information content (AvgIpc) is 2.90. The van der Waals surface area contributed by atoms with Crippen molar-refractivity contribution in [3.8, 4) is 5.69 Å². The smallest absolute Gasteiger partial charge is 0.110 e. The summed E-state index contributed by atoms with van der Waals surface area (Å²) in [5, 5.41) is 13.8.